The van der Waals surface area contributed by atoms with Gasteiger partial charge in [0.05, 0.1) is 5.54 Å². The maximum Gasteiger partial charge on any atom is 0.106 e. The van der Waals surface area contributed by atoms with Gasteiger partial charge in [-0.05, 0) is 19.9 Å². The van der Waals surface area contributed by atoms with Crippen LogP contribution < -0.4 is 0 Å². The minimum Gasteiger partial charge on any atom is -0.340 e. The topological polar surface area (TPSA) is 15.6 Å². The summed E-state index contributed by atoms with van der Waals surface area (Å²) < 4.78 is 0. The highest BCUT2D eigenvalue weighted by molar-refractivity contribution is 5.86. The van der Waals surface area contributed by atoms with Gasteiger partial charge in [-0.3, -0.25) is 4.99 Å². The third kappa shape index (κ3) is 1.87. The van der Waals surface area contributed by atoms with Gasteiger partial charge in [0.15, 0.2) is 0 Å². The van der Waals surface area contributed by atoms with E-state index in [2.05, 4.69) is 49.9 Å². The molecule has 2 heteroatoms. The zero-order valence-corrected chi connectivity index (χ0v) is 8.63. The van der Waals surface area contributed by atoms with Gasteiger partial charge in [0.25, 0.3) is 0 Å². The van der Waals surface area contributed by atoms with Crippen molar-refractivity contribution in [3.8, 4) is 0 Å². The average molecular weight is 166 g/mol. The number of rotatable bonds is 1. The molecule has 2 nitrogen and oxygen atoms in total. The van der Waals surface area contributed by atoms with Crippen LogP contribution in [0.4, 0.5) is 0 Å². The first kappa shape index (κ1) is 9.30. The van der Waals surface area contributed by atoms with Crippen LogP contribution in [0.5, 0.6) is 0 Å². The second kappa shape index (κ2) is 2.92. The molecule has 0 radical (unpaired) electrons. The Labute approximate surface area is 75.0 Å². The van der Waals surface area contributed by atoms with Gasteiger partial charge in [-0.25, -0.2) is 0 Å². The van der Waals surface area contributed by atoms with Gasteiger partial charge >= 0.3 is 0 Å². The number of nitrogens with zero attached hydrogens (tertiary/aromatic N) is 2. The van der Waals surface area contributed by atoms with E-state index in [-0.39, 0.29) is 5.54 Å². The smallest absolute Gasteiger partial charge is 0.106 e. The zero-order valence-electron chi connectivity index (χ0n) is 8.63. The van der Waals surface area contributed by atoms with E-state index in [1.54, 1.807) is 0 Å². The van der Waals surface area contributed by atoms with Crippen LogP contribution in [0.3, 0.4) is 0 Å². The van der Waals surface area contributed by atoms with Crippen molar-refractivity contribution >= 4 is 5.84 Å². The third-order valence-electron chi connectivity index (χ3n) is 1.99. The van der Waals surface area contributed by atoms with Crippen molar-refractivity contribution in [2.24, 2.45) is 10.9 Å². The molecule has 1 aliphatic rings. The van der Waals surface area contributed by atoms with Crippen molar-refractivity contribution in [3.63, 3.8) is 0 Å². The fraction of sp³-hybridized carbons (Fsp3) is 0.700. The number of hydrogen-bond acceptors (Lipinski definition) is 2. The van der Waals surface area contributed by atoms with E-state index in [9.17, 15) is 0 Å². The van der Waals surface area contributed by atoms with E-state index in [0.717, 1.165) is 0 Å². The Balaban J connectivity index is 2.91. The second-order valence-corrected chi connectivity index (χ2v) is 4.21. The highest BCUT2D eigenvalue weighted by Gasteiger charge is 2.21. The lowest BCUT2D eigenvalue weighted by Crippen LogP contribution is -2.34. The predicted octanol–water partition coefficient (Wildman–Crippen LogP) is 2.28. The molecule has 68 valence electrons. The van der Waals surface area contributed by atoms with Crippen LogP contribution in [0, 0.1) is 5.92 Å². The van der Waals surface area contributed by atoms with Crippen molar-refractivity contribution in [2.75, 3.05) is 7.05 Å². The second-order valence-electron chi connectivity index (χ2n) is 4.21. The lowest BCUT2D eigenvalue weighted by Gasteiger charge is -2.30. The van der Waals surface area contributed by atoms with Gasteiger partial charge in [0, 0.05) is 19.2 Å². The molecule has 0 aromatic carbocycles. The Hall–Kier alpha value is -0.790. The number of aliphatic imine (C=N–C) groups is 1. The maximum atomic E-state index is 4.65. The van der Waals surface area contributed by atoms with E-state index < -0.39 is 0 Å². The Morgan fingerprint density at radius 1 is 1.42 bits per heavy atom. The Morgan fingerprint density at radius 2 is 2.00 bits per heavy atom. The lowest BCUT2D eigenvalue weighted by atomic mass is 10.0. The monoisotopic (exact) mass is 166 g/mol. The zero-order chi connectivity index (χ0) is 9.35. The summed E-state index contributed by atoms with van der Waals surface area (Å²) >= 11 is 0. The third-order valence-corrected chi connectivity index (χ3v) is 1.99. The fourth-order valence-electron chi connectivity index (χ4n) is 1.32. The van der Waals surface area contributed by atoms with Crippen molar-refractivity contribution in [2.45, 2.75) is 33.2 Å². The van der Waals surface area contributed by atoms with Crippen LogP contribution >= 0.6 is 0 Å². The maximum absolute atomic E-state index is 4.65. The van der Waals surface area contributed by atoms with Crippen molar-refractivity contribution < 1.29 is 0 Å². The molecular formula is C10H18N2. The lowest BCUT2D eigenvalue weighted by molar-refractivity contribution is 0.537. The first-order valence-electron chi connectivity index (χ1n) is 4.44. The molecule has 0 N–H and O–H groups in total. The highest BCUT2D eigenvalue weighted by atomic mass is 15.2. The summed E-state index contributed by atoms with van der Waals surface area (Å²) in [7, 11) is 2.05. The van der Waals surface area contributed by atoms with Gasteiger partial charge in [-0.15, -0.1) is 0 Å². The molecule has 0 aromatic rings. The van der Waals surface area contributed by atoms with E-state index >= 15 is 0 Å². The van der Waals surface area contributed by atoms with E-state index in [4.69, 9.17) is 0 Å². The van der Waals surface area contributed by atoms with Gasteiger partial charge in [0.2, 0.25) is 0 Å². The van der Waals surface area contributed by atoms with Crippen molar-refractivity contribution in [1.82, 2.24) is 4.90 Å². The molecule has 0 bridgehead atoms. The largest absolute Gasteiger partial charge is 0.340 e. The SMILES string of the molecule is CC(C)C1=NC(C)(C)C=CN1C. The molecule has 0 saturated carbocycles. The fourth-order valence-corrected chi connectivity index (χ4v) is 1.32. The van der Waals surface area contributed by atoms with Crippen molar-refractivity contribution in [1.29, 1.82) is 0 Å². The molecule has 0 aliphatic carbocycles. The first-order valence-corrected chi connectivity index (χ1v) is 4.44. The van der Waals surface area contributed by atoms with Crippen LogP contribution in [0.15, 0.2) is 17.3 Å². The van der Waals surface area contributed by atoms with Crippen LogP contribution in [0.1, 0.15) is 27.7 Å². The summed E-state index contributed by atoms with van der Waals surface area (Å²) in [4.78, 5) is 6.74. The molecule has 0 aromatic heterocycles. The van der Waals surface area contributed by atoms with Gasteiger partial charge < -0.3 is 4.90 Å². The first-order chi connectivity index (χ1) is 5.42. The van der Waals surface area contributed by atoms with Crippen LogP contribution in [0.25, 0.3) is 0 Å². The molecule has 0 amide bonds. The predicted molar refractivity (Wildman–Crippen MR) is 53.3 cm³/mol. The molecule has 0 unspecified atom stereocenters. The molecule has 1 heterocycles. The minimum absolute atomic E-state index is 0.0217. The quantitative estimate of drug-likeness (QED) is 0.583. The summed E-state index contributed by atoms with van der Waals surface area (Å²) in [5, 5.41) is 0. The molecule has 1 aliphatic heterocycles. The van der Waals surface area contributed by atoms with Gasteiger partial charge in [-0.1, -0.05) is 13.8 Å². The molecular weight excluding hydrogens is 148 g/mol. The highest BCUT2D eigenvalue weighted by Crippen LogP contribution is 2.19. The number of amidine groups is 1. The Kier molecular flexibility index (Phi) is 2.27. The summed E-state index contributed by atoms with van der Waals surface area (Å²) in [5.74, 6) is 1.67. The van der Waals surface area contributed by atoms with Gasteiger partial charge in [0.1, 0.15) is 5.84 Å². The minimum atomic E-state index is -0.0217. The summed E-state index contributed by atoms with van der Waals surface area (Å²) in [5.41, 5.74) is -0.0217. The average Bonchev–Trinajstić information content (AvgIpc) is 1.94. The molecule has 0 fully saturated rings. The van der Waals surface area contributed by atoms with Gasteiger partial charge in [-0.2, -0.15) is 0 Å². The number of hydrogen-bond donors (Lipinski definition) is 0. The Morgan fingerprint density at radius 3 is 2.42 bits per heavy atom. The standard InChI is InChI=1S/C10H18N2/c1-8(2)9-11-10(3,4)6-7-12(9)5/h6-8H,1-5H3. The molecule has 0 spiro atoms. The molecule has 1 rings (SSSR count). The molecule has 0 atom stereocenters. The van der Waals surface area contributed by atoms with E-state index in [1.807, 2.05) is 7.05 Å². The van der Waals surface area contributed by atoms with Crippen LogP contribution in [-0.4, -0.2) is 23.3 Å². The molecule has 0 saturated heterocycles. The molecule has 12 heavy (non-hydrogen) atoms. The van der Waals surface area contributed by atoms with Crippen LogP contribution in [0.2, 0.25) is 0 Å². The Bertz CT molecular complexity index is 224. The summed E-state index contributed by atoms with van der Waals surface area (Å²) in [6.45, 7) is 8.59. The van der Waals surface area contributed by atoms with E-state index in [0.29, 0.717) is 5.92 Å². The van der Waals surface area contributed by atoms with Crippen molar-refractivity contribution in [3.05, 3.63) is 12.3 Å². The van der Waals surface area contributed by atoms with E-state index in [1.165, 1.54) is 5.84 Å². The summed E-state index contributed by atoms with van der Waals surface area (Å²) in [6, 6.07) is 0. The van der Waals surface area contributed by atoms with Crippen LogP contribution in [-0.2, 0) is 0 Å². The normalized spacial score (nSPS) is 21.5. The summed E-state index contributed by atoms with van der Waals surface area (Å²) in [6.07, 6.45) is 4.22.